The maximum atomic E-state index is 9.46. The Bertz CT molecular complexity index is 450. The number of nitrogens with zero attached hydrogens (tertiary/aromatic N) is 1. The van der Waals surface area contributed by atoms with E-state index in [9.17, 15) is 5.11 Å². The molecule has 16 heavy (non-hydrogen) atoms. The smallest absolute Gasteiger partial charge is 0.198 e. The number of para-hydroxylation sites is 2. The van der Waals surface area contributed by atoms with Crippen molar-refractivity contribution >= 4 is 11.1 Å². The third-order valence-electron chi connectivity index (χ3n) is 3.36. The SMILES string of the molecule is OC1CCC(c2nc3ccccc3o2)CC1. The molecule has 0 unspecified atom stereocenters. The van der Waals surface area contributed by atoms with Crippen LogP contribution in [0.4, 0.5) is 0 Å². The van der Waals surface area contributed by atoms with E-state index < -0.39 is 0 Å². The number of fused-ring (bicyclic) bond motifs is 1. The Kier molecular flexibility index (Phi) is 2.40. The monoisotopic (exact) mass is 217 g/mol. The Labute approximate surface area is 94.1 Å². The Morgan fingerprint density at radius 3 is 2.62 bits per heavy atom. The summed E-state index contributed by atoms with van der Waals surface area (Å²) in [5, 5.41) is 9.46. The van der Waals surface area contributed by atoms with Gasteiger partial charge in [-0.05, 0) is 37.8 Å². The molecule has 0 saturated heterocycles. The molecule has 84 valence electrons. The van der Waals surface area contributed by atoms with Crippen LogP contribution in [0.15, 0.2) is 28.7 Å². The topological polar surface area (TPSA) is 46.3 Å². The number of hydrogen-bond acceptors (Lipinski definition) is 3. The van der Waals surface area contributed by atoms with Gasteiger partial charge < -0.3 is 9.52 Å². The Balaban J connectivity index is 1.88. The third kappa shape index (κ3) is 1.71. The zero-order valence-electron chi connectivity index (χ0n) is 9.10. The van der Waals surface area contributed by atoms with Gasteiger partial charge in [-0.2, -0.15) is 0 Å². The molecule has 1 heterocycles. The molecule has 1 aromatic heterocycles. The standard InChI is InChI=1S/C13H15NO2/c15-10-7-5-9(6-8-10)13-14-11-3-1-2-4-12(11)16-13/h1-4,9-10,15H,5-8H2. The van der Waals surface area contributed by atoms with Gasteiger partial charge in [0, 0.05) is 5.92 Å². The van der Waals surface area contributed by atoms with Crippen LogP contribution in [0.1, 0.15) is 37.5 Å². The average Bonchev–Trinajstić information content (AvgIpc) is 2.73. The number of aromatic nitrogens is 1. The molecule has 0 radical (unpaired) electrons. The van der Waals surface area contributed by atoms with E-state index in [0.29, 0.717) is 5.92 Å². The van der Waals surface area contributed by atoms with Crippen molar-refractivity contribution in [3.8, 4) is 0 Å². The molecule has 3 nitrogen and oxygen atoms in total. The first-order valence-electron chi connectivity index (χ1n) is 5.86. The maximum Gasteiger partial charge on any atom is 0.198 e. The molecule has 1 fully saturated rings. The van der Waals surface area contributed by atoms with Crippen molar-refractivity contribution < 1.29 is 9.52 Å². The van der Waals surface area contributed by atoms with Crippen LogP contribution in [-0.2, 0) is 0 Å². The predicted octanol–water partition coefficient (Wildman–Crippen LogP) is 2.85. The number of benzene rings is 1. The first-order valence-corrected chi connectivity index (χ1v) is 5.86. The lowest BCUT2D eigenvalue weighted by Gasteiger charge is -2.22. The van der Waals surface area contributed by atoms with E-state index in [2.05, 4.69) is 4.98 Å². The first-order chi connectivity index (χ1) is 7.83. The molecule has 3 heteroatoms. The normalized spacial score (nSPS) is 26.1. The third-order valence-corrected chi connectivity index (χ3v) is 3.36. The van der Waals surface area contributed by atoms with Crippen molar-refractivity contribution in [1.82, 2.24) is 4.98 Å². The summed E-state index contributed by atoms with van der Waals surface area (Å²) in [5.74, 6) is 1.23. The van der Waals surface area contributed by atoms with Gasteiger partial charge in [-0.25, -0.2) is 4.98 Å². The van der Waals surface area contributed by atoms with Crippen molar-refractivity contribution in [2.75, 3.05) is 0 Å². The summed E-state index contributed by atoms with van der Waals surface area (Å²) in [6.07, 6.45) is 3.56. The lowest BCUT2D eigenvalue weighted by atomic mass is 9.87. The lowest BCUT2D eigenvalue weighted by molar-refractivity contribution is 0.118. The van der Waals surface area contributed by atoms with E-state index in [0.717, 1.165) is 42.7 Å². The molecular formula is C13H15NO2. The van der Waals surface area contributed by atoms with E-state index in [4.69, 9.17) is 4.42 Å². The highest BCUT2D eigenvalue weighted by Gasteiger charge is 2.24. The molecule has 0 bridgehead atoms. The van der Waals surface area contributed by atoms with E-state index in [1.807, 2.05) is 24.3 Å². The van der Waals surface area contributed by atoms with Crippen LogP contribution in [0.5, 0.6) is 0 Å². The van der Waals surface area contributed by atoms with Gasteiger partial charge in [-0.3, -0.25) is 0 Å². The van der Waals surface area contributed by atoms with Crippen molar-refractivity contribution in [3.63, 3.8) is 0 Å². The van der Waals surface area contributed by atoms with Crippen molar-refractivity contribution in [3.05, 3.63) is 30.2 Å². The second-order valence-electron chi connectivity index (χ2n) is 4.53. The maximum absolute atomic E-state index is 9.46. The second-order valence-corrected chi connectivity index (χ2v) is 4.53. The van der Waals surface area contributed by atoms with Gasteiger partial charge in [-0.1, -0.05) is 12.1 Å². The minimum Gasteiger partial charge on any atom is -0.440 e. The van der Waals surface area contributed by atoms with Crippen LogP contribution in [0, 0.1) is 0 Å². The summed E-state index contributed by atoms with van der Waals surface area (Å²) in [4.78, 5) is 4.51. The molecule has 1 aliphatic rings. The molecule has 0 amide bonds. The fraction of sp³-hybridized carbons (Fsp3) is 0.462. The molecule has 2 aromatic rings. The van der Waals surface area contributed by atoms with E-state index >= 15 is 0 Å². The van der Waals surface area contributed by atoms with Crippen molar-refractivity contribution in [2.45, 2.75) is 37.7 Å². The van der Waals surface area contributed by atoms with Gasteiger partial charge in [0.2, 0.25) is 0 Å². The molecule has 0 aliphatic heterocycles. The van der Waals surface area contributed by atoms with Crippen molar-refractivity contribution in [1.29, 1.82) is 0 Å². The minimum absolute atomic E-state index is 0.124. The largest absolute Gasteiger partial charge is 0.440 e. The van der Waals surface area contributed by atoms with Crippen molar-refractivity contribution in [2.24, 2.45) is 0 Å². The van der Waals surface area contributed by atoms with Gasteiger partial charge >= 0.3 is 0 Å². The van der Waals surface area contributed by atoms with Crippen LogP contribution < -0.4 is 0 Å². The van der Waals surface area contributed by atoms with Crippen LogP contribution in [0.25, 0.3) is 11.1 Å². The molecule has 0 spiro atoms. The fourth-order valence-electron chi connectivity index (χ4n) is 2.39. The van der Waals surface area contributed by atoms with Crippen LogP contribution >= 0.6 is 0 Å². The highest BCUT2D eigenvalue weighted by molar-refractivity contribution is 5.72. The fourth-order valence-corrected chi connectivity index (χ4v) is 2.39. The Hall–Kier alpha value is -1.35. The Morgan fingerprint density at radius 1 is 1.12 bits per heavy atom. The molecule has 0 atom stereocenters. The van der Waals surface area contributed by atoms with E-state index in [-0.39, 0.29) is 6.10 Å². The molecule has 1 aliphatic carbocycles. The molecule has 1 N–H and O–H groups in total. The van der Waals surface area contributed by atoms with Gasteiger partial charge in [0.1, 0.15) is 5.52 Å². The number of oxazole rings is 1. The summed E-state index contributed by atoms with van der Waals surface area (Å²) >= 11 is 0. The van der Waals surface area contributed by atoms with Gasteiger partial charge in [0.05, 0.1) is 6.10 Å². The van der Waals surface area contributed by atoms with E-state index in [1.54, 1.807) is 0 Å². The van der Waals surface area contributed by atoms with Crippen LogP contribution in [0.3, 0.4) is 0 Å². The zero-order chi connectivity index (χ0) is 11.0. The summed E-state index contributed by atoms with van der Waals surface area (Å²) in [6, 6.07) is 7.85. The quantitative estimate of drug-likeness (QED) is 0.799. The summed E-state index contributed by atoms with van der Waals surface area (Å²) < 4.78 is 5.75. The van der Waals surface area contributed by atoms with Gasteiger partial charge in [0.15, 0.2) is 11.5 Å². The lowest BCUT2D eigenvalue weighted by Crippen LogP contribution is -2.17. The van der Waals surface area contributed by atoms with Gasteiger partial charge in [0.25, 0.3) is 0 Å². The summed E-state index contributed by atoms with van der Waals surface area (Å²) in [5.41, 5.74) is 1.80. The Morgan fingerprint density at radius 2 is 1.88 bits per heavy atom. The number of aliphatic hydroxyl groups is 1. The molecular weight excluding hydrogens is 202 g/mol. The first kappa shape index (κ1) is 9.85. The van der Waals surface area contributed by atoms with Gasteiger partial charge in [-0.15, -0.1) is 0 Å². The zero-order valence-corrected chi connectivity index (χ0v) is 9.10. The summed E-state index contributed by atoms with van der Waals surface area (Å²) in [7, 11) is 0. The van der Waals surface area contributed by atoms with E-state index in [1.165, 1.54) is 0 Å². The second kappa shape index (κ2) is 3.91. The number of rotatable bonds is 1. The highest BCUT2D eigenvalue weighted by atomic mass is 16.3. The average molecular weight is 217 g/mol. The molecule has 3 rings (SSSR count). The van der Waals surface area contributed by atoms with Crippen LogP contribution in [-0.4, -0.2) is 16.2 Å². The highest BCUT2D eigenvalue weighted by Crippen LogP contribution is 2.33. The minimum atomic E-state index is -0.124. The molecule has 1 aromatic carbocycles. The van der Waals surface area contributed by atoms with Crippen LogP contribution in [0.2, 0.25) is 0 Å². The predicted molar refractivity (Wildman–Crippen MR) is 61.2 cm³/mol. The number of aliphatic hydroxyl groups excluding tert-OH is 1. The summed E-state index contributed by atoms with van der Waals surface area (Å²) in [6.45, 7) is 0. The number of hydrogen-bond donors (Lipinski definition) is 1. The molecule has 1 saturated carbocycles.